The van der Waals surface area contributed by atoms with Gasteiger partial charge >= 0.3 is 23.3 Å². The molecule has 0 saturated carbocycles. The van der Waals surface area contributed by atoms with Gasteiger partial charge in [0.15, 0.2) is 0 Å². The van der Waals surface area contributed by atoms with Gasteiger partial charge in [0.25, 0.3) is 6.20 Å². The summed E-state index contributed by atoms with van der Waals surface area (Å²) in [6.45, 7) is 3.01. The topological polar surface area (TPSA) is 123 Å². The molecule has 108 valence electrons. The molecule has 0 fully saturated rings. The number of ether oxygens (including phenoxy) is 2. The van der Waals surface area contributed by atoms with Gasteiger partial charge in [-0.25, -0.2) is 9.59 Å². The summed E-state index contributed by atoms with van der Waals surface area (Å²) in [6, 6.07) is 0.804. The second kappa shape index (κ2) is 6.45. The summed E-state index contributed by atoms with van der Waals surface area (Å²) in [5.41, 5.74) is -1.78. The number of hydrogen-bond donors (Lipinski definition) is 0. The summed E-state index contributed by atoms with van der Waals surface area (Å²) in [5.74, 6) is -2.07. The first kappa shape index (κ1) is 15.3. The fraction of sp³-hybridized carbons (Fsp3) is 0.364. The lowest BCUT2D eigenvalue weighted by Gasteiger charge is -2.08. The highest BCUT2D eigenvalue weighted by Gasteiger charge is 2.32. The summed E-state index contributed by atoms with van der Waals surface area (Å²) < 4.78 is 9.24. The molecule has 0 N–H and O–H groups in total. The summed E-state index contributed by atoms with van der Waals surface area (Å²) in [6.07, 6.45) is 0.578. The van der Waals surface area contributed by atoms with Gasteiger partial charge in [0.1, 0.15) is 5.56 Å². The van der Waals surface area contributed by atoms with Crippen LogP contribution in [-0.4, -0.2) is 30.1 Å². The zero-order chi connectivity index (χ0) is 15.3. The van der Waals surface area contributed by atoms with Gasteiger partial charge in [0.05, 0.1) is 18.1 Å². The molecule has 0 unspecified atom stereocenters. The average Bonchev–Trinajstić information content (AvgIpc) is 2.37. The molecule has 1 heterocycles. The average molecular weight is 284 g/mol. The van der Waals surface area contributed by atoms with Crippen LogP contribution in [0.5, 0.6) is 0 Å². The number of esters is 2. The number of nitrogens with zero attached hydrogens (tertiary/aromatic N) is 2. The van der Waals surface area contributed by atoms with Gasteiger partial charge in [0.2, 0.25) is 0 Å². The van der Waals surface area contributed by atoms with Crippen molar-refractivity contribution in [1.29, 1.82) is 0 Å². The fourth-order valence-corrected chi connectivity index (χ4v) is 1.42. The number of carbonyl (C=O) groups is 2. The highest BCUT2D eigenvalue weighted by atomic mass is 16.6. The maximum absolute atomic E-state index is 11.7. The summed E-state index contributed by atoms with van der Waals surface area (Å²) in [4.78, 5) is 33.2. The Morgan fingerprint density at radius 1 is 1.25 bits per heavy atom. The van der Waals surface area contributed by atoms with Crippen LogP contribution in [-0.2, 0) is 9.47 Å². The molecule has 0 aliphatic rings. The molecule has 0 spiro atoms. The molecule has 0 saturated heterocycles. The molecule has 0 aromatic carbocycles. The molecule has 0 radical (unpaired) electrons. The molecule has 0 aliphatic carbocycles. The van der Waals surface area contributed by atoms with E-state index >= 15 is 0 Å². The molecule has 9 heteroatoms. The van der Waals surface area contributed by atoms with E-state index in [9.17, 15) is 24.9 Å². The standard InChI is InChI=1S/C11H12N2O7/c1-3-19-10(14)8-5-7(13(17)18)6-12(16)9(8)11(15)20-4-2/h5-6H,3-4H2,1-2H3. The van der Waals surface area contributed by atoms with Crippen LogP contribution >= 0.6 is 0 Å². The molecule has 1 aromatic heterocycles. The van der Waals surface area contributed by atoms with Gasteiger partial charge in [-0.05, 0) is 13.8 Å². The molecule has 9 nitrogen and oxygen atoms in total. The van der Waals surface area contributed by atoms with Crippen molar-refractivity contribution in [2.45, 2.75) is 13.8 Å². The summed E-state index contributed by atoms with van der Waals surface area (Å²) in [5, 5.41) is 22.4. The molecular formula is C11H12N2O7. The Morgan fingerprint density at radius 3 is 2.30 bits per heavy atom. The quantitative estimate of drug-likeness (QED) is 0.255. The smallest absolute Gasteiger partial charge is 0.405 e. The van der Waals surface area contributed by atoms with Crippen LogP contribution in [0.3, 0.4) is 0 Å². The number of pyridine rings is 1. The van der Waals surface area contributed by atoms with E-state index in [1.165, 1.54) is 13.8 Å². The fourth-order valence-electron chi connectivity index (χ4n) is 1.42. The van der Waals surface area contributed by atoms with Crippen LogP contribution in [0.25, 0.3) is 0 Å². The first-order chi connectivity index (χ1) is 9.42. The minimum atomic E-state index is -1.06. The Bertz CT molecular complexity index is 556. The van der Waals surface area contributed by atoms with Crippen molar-refractivity contribution < 1.29 is 28.7 Å². The second-order valence-corrected chi connectivity index (χ2v) is 3.48. The largest absolute Gasteiger partial charge is 0.618 e. The van der Waals surface area contributed by atoms with Crippen molar-refractivity contribution in [3.05, 3.63) is 38.8 Å². The summed E-state index contributed by atoms with van der Waals surface area (Å²) >= 11 is 0. The normalized spacial score (nSPS) is 9.90. The Morgan fingerprint density at radius 2 is 1.80 bits per heavy atom. The third kappa shape index (κ3) is 3.19. The van der Waals surface area contributed by atoms with Gasteiger partial charge in [-0.1, -0.05) is 0 Å². The molecule has 0 atom stereocenters. The van der Waals surface area contributed by atoms with Gasteiger partial charge in [-0.15, -0.1) is 0 Å². The first-order valence-corrected chi connectivity index (χ1v) is 5.68. The zero-order valence-electron chi connectivity index (χ0n) is 10.8. The predicted molar refractivity (Wildman–Crippen MR) is 64.0 cm³/mol. The predicted octanol–water partition coefficient (Wildman–Crippen LogP) is 0.582. The van der Waals surface area contributed by atoms with Crippen LogP contribution in [0.15, 0.2) is 12.3 Å². The van der Waals surface area contributed by atoms with Crippen molar-refractivity contribution in [2.24, 2.45) is 0 Å². The zero-order valence-corrected chi connectivity index (χ0v) is 10.8. The van der Waals surface area contributed by atoms with E-state index in [1.807, 2.05) is 0 Å². The van der Waals surface area contributed by atoms with Gasteiger partial charge in [-0.2, -0.15) is 4.73 Å². The van der Waals surface area contributed by atoms with Crippen molar-refractivity contribution >= 4 is 17.6 Å². The Balaban J connectivity index is 3.43. The lowest BCUT2D eigenvalue weighted by atomic mass is 10.2. The number of hydrogen-bond acceptors (Lipinski definition) is 7. The maximum Gasteiger partial charge on any atom is 0.405 e. The maximum atomic E-state index is 11.7. The molecule has 0 amide bonds. The first-order valence-electron chi connectivity index (χ1n) is 5.68. The third-order valence-electron chi connectivity index (χ3n) is 2.19. The highest BCUT2D eigenvalue weighted by Crippen LogP contribution is 2.16. The Kier molecular flexibility index (Phi) is 4.95. The van der Waals surface area contributed by atoms with Crippen molar-refractivity contribution in [3.63, 3.8) is 0 Å². The molecule has 0 bridgehead atoms. The van der Waals surface area contributed by atoms with E-state index in [0.717, 1.165) is 6.07 Å². The van der Waals surface area contributed by atoms with E-state index < -0.39 is 33.8 Å². The highest BCUT2D eigenvalue weighted by molar-refractivity contribution is 6.01. The lowest BCUT2D eigenvalue weighted by Crippen LogP contribution is -2.38. The minimum Gasteiger partial charge on any atom is -0.618 e. The van der Waals surface area contributed by atoms with Crippen molar-refractivity contribution in [1.82, 2.24) is 0 Å². The van der Waals surface area contributed by atoms with E-state index in [2.05, 4.69) is 9.47 Å². The van der Waals surface area contributed by atoms with Crippen LogP contribution in [0.1, 0.15) is 34.7 Å². The monoisotopic (exact) mass is 284 g/mol. The van der Waals surface area contributed by atoms with Gasteiger partial charge < -0.3 is 14.7 Å². The van der Waals surface area contributed by atoms with E-state index in [0.29, 0.717) is 6.20 Å². The van der Waals surface area contributed by atoms with Crippen molar-refractivity contribution in [2.75, 3.05) is 13.2 Å². The molecule has 1 rings (SSSR count). The third-order valence-corrected chi connectivity index (χ3v) is 2.19. The lowest BCUT2D eigenvalue weighted by molar-refractivity contribution is -0.612. The Hall–Kier alpha value is -2.71. The van der Waals surface area contributed by atoms with Crippen LogP contribution in [0.4, 0.5) is 5.69 Å². The Labute approximate surface area is 113 Å². The van der Waals surface area contributed by atoms with Crippen molar-refractivity contribution in [3.8, 4) is 0 Å². The molecule has 20 heavy (non-hydrogen) atoms. The second-order valence-electron chi connectivity index (χ2n) is 3.48. The van der Waals surface area contributed by atoms with Crippen LogP contribution < -0.4 is 4.73 Å². The molecule has 1 aromatic rings. The minimum absolute atomic E-state index is 0.0113. The molecule has 0 aliphatic heterocycles. The number of nitro groups is 1. The van der Waals surface area contributed by atoms with Crippen LogP contribution in [0, 0.1) is 15.3 Å². The SMILES string of the molecule is CCOC(=O)c1cc([N+](=O)[O-])c[n+]([O-])c1C(=O)OCC. The number of carbonyl (C=O) groups excluding carboxylic acids is 2. The van der Waals surface area contributed by atoms with Gasteiger partial charge in [-0.3, -0.25) is 10.1 Å². The van der Waals surface area contributed by atoms with E-state index in [4.69, 9.17) is 0 Å². The number of rotatable bonds is 5. The van der Waals surface area contributed by atoms with E-state index in [1.54, 1.807) is 0 Å². The molecular weight excluding hydrogens is 272 g/mol. The van der Waals surface area contributed by atoms with E-state index in [-0.39, 0.29) is 17.9 Å². The number of aromatic nitrogens is 1. The summed E-state index contributed by atoms with van der Waals surface area (Å²) in [7, 11) is 0. The van der Waals surface area contributed by atoms with Crippen LogP contribution in [0.2, 0.25) is 0 Å². The van der Waals surface area contributed by atoms with Gasteiger partial charge in [0, 0.05) is 6.07 Å².